The van der Waals surface area contributed by atoms with Crippen LogP contribution in [0.4, 0.5) is 0 Å². The molecule has 3 nitrogen and oxygen atoms in total. The first-order valence-corrected chi connectivity index (χ1v) is 5.60. The lowest BCUT2D eigenvalue weighted by Gasteiger charge is -2.15. The number of ether oxygens (including phenoxy) is 1. The van der Waals surface area contributed by atoms with Crippen LogP contribution in [0.15, 0.2) is 0 Å². The van der Waals surface area contributed by atoms with E-state index in [0.29, 0.717) is 6.61 Å². The van der Waals surface area contributed by atoms with Crippen LogP contribution in [0.25, 0.3) is 0 Å². The van der Waals surface area contributed by atoms with Gasteiger partial charge in [-0.2, -0.15) is 0 Å². The smallest absolute Gasteiger partial charge is 0.335 e. The van der Waals surface area contributed by atoms with Crippen LogP contribution in [-0.2, 0) is 9.53 Å². The molecule has 1 atom stereocenters. The van der Waals surface area contributed by atoms with Crippen molar-refractivity contribution in [1.82, 2.24) is 0 Å². The zero-order valence-corrected chi connectivity index (χ0v) is 8.87. The highest BCUT2D eigenvalue weighted by atomic mass is 16.5. The number of carbonyl (C=O) groups excluding carboxylic acids is 1. The summed E-state index contributed by atoms with van der Waals surface area (Å²) in [4.78, 5) is 11.3. The van der Waals surface area contributed by atoms with Crippen LogP contribution < -0.4 is 0 Å². The number of unbranched alkanes of at least 4 members (excludes halogenated alkanes) is 1. The van der Waals surface area contributed by atoms with Crippen LogP contribution in [0, 0.1) is 5.92 Å². The molecule has 14 heavy (non-hydrogen) atoms. The van der Waals surface area contributed by atoms with Crippen molar-refractivity contribution in [3.05, 3.63) is 0 Å². The average molecular weight is 200 g/mol. The summed E-state index contributed by atoms with van der Waals surface area (Å²) in [5.74, 6) is -0.283. The van der Waals surface area contributed by atoms with E-state index < -0.39 is 12.1 Å². The first kappa shape index (κ1) is 11.5. The Morgan fingerprint density at radius 2 is 2.14 bits per heavy atom. The van der Waals surface area contributed by atoms with Gasteiger partial charge >= 0.3 is 5.97 Å². The molecule has 1 aliphatic carbocycles. The Labute approximate surface area is 85.5 Å². The molecule has 0 aromatic carbocycles. The SMILES string of the molecule is CCCCOC(=O)[C@H](O)C1CCCC1. The molecular formula is C11H20O3. The lowest BCUT2D eigenvalue weighted by molar-refractivity contribution is -0.156. The highest BCUT2D eigenvalue weighted by molar-refractivity contribution is 5.74. The first-order chi connectivity index (χ1) is 6.75. The zero-order valence-electron chi connectivity index (χ0n) is 8.87. The van der Waals surface area contributed by atoms with Gasteiger partial charge in [0.1, 0.15) is 0 Å². The molecule has 0 aromatic rings. The van der Waals surface area contributed by atoms with Gasteiger partial charge in [0.05, 0.1) is 6.61 Å². The highest BCUT2D eigenvalue weighted by Crippen LogP contribution is 2.28. The van der Waals surface area contributed by atoms with Crippen molar-refractivity contribution in [2.75, 3.05) is 6.61 Å². The van der Waals surface area contributed by atoms with Crippen molar-refractivity contribution in [3.8, 4) is 0 Å². The minimum Gasteiger partial charge on any atom is -0.464 e. The van der Waals surface area contributed by atoms with Gasteiger partial charge in [0.2, 0.25) is 0 Å². The predicted octanol–water partition coefficient (Wildman–Crippen LogP) is 1.88. The molecule has 0 bridgehead atoms. The molecule has 0 aliphatic heterocycles. The van der Waals surface area contributed by atoms with Crippen molar-refractivity contribution >= 4 is 5.97 Å². The Morgan fingerprint density at radius 3 is 2.71 bits per heavy atom. The van der Waals surface area contributed by atoms with Gasteiger partial charge in [-0.25, -0.2) is 4.79 Å². The predicted molar refractivity (Wildman–Crippen MR) is 53.8 cm³/mol. The van der Waals surface area contributed by atoms with Crippen LogP contribution in [0.1, 0.15) is 45.4 Å². The van der Waals surface area contributed by atoms with Gasteiger partial charge in [0.15, 0.2) is 6.10 Å². The van der Waals surface area contributed by atoms with Crippen molar-refractivity contribution in [1.29, 1.82) is 0 Å². The maximum atomic E-state index is 11.3. The van der Waals surface area contributed by atoms with E-state index in [1.54, 1.807) is 0 Å². The number of esters is 1. The fourth-order valence-electron chi connectivity index (χ4n) is 1.87. The van der Waals surface area contributed by atoms with Crippen molar-refractivity contribution in [2.45, 2.75) is 51.6 Å². The maximum absolute atomic E-state index is 11.3. The summed E-state index contributed by atoms with van der Waals surface area (Å²) in [5, 5.41) is 9.64. The fraction of sp³-hybridized carbons (Fsp3) is 0.909. The summed E-state index contributed by atoms with van der Waals surface area (Å²) < 4.78 is 4.97. The second kappa shape index (κ2) is 6.02. The Kier molecular flexibility index (Phi) is 4.94. The van der Waals surface area contributed by atoms with E-state index in [1.807, 2.05) is 6.92 Å². The average Bonchev–Trinajstić information content (AvgIpc) is 2.69. The largest absolute Gasteiger partial charge is 0.464 e. The molecule has 0 radical (unpaired) electrons. The van der Waals surface area contributed by atoms with Gasteiger partial charge in [-0.15, -0.1) is 0 Å². The second-order valence-corrected chi connectivity index (χ2v) is 4.01. The lowest BCUT2D eigenvalue weighted by atomic mass is 10.0. The molecule has 82 valence electrons. The topological polar surface area (TPSA) is 46.5 Å². The molecule has 1 rings (SSSR count). The van der Waals surface area contributed by atoms with E-state index in [-0.39, 0.29) is 5.92 Å². The lowest BCUT2D eigenvalue weighted by Crippen LogP contribution is -2.30. The molecule has 1 aliphatic rings. The minimum atomic E-state index is -0.880. The third kappa shape index (κ3) is 3.29. The van der Waals surface area contributed by atoms with Gasteiger partial charge in [0.25, 0.3) is 0 Å². The Balaban J connectivity index is 2.21. The number of aliphatic hydroxyl groups is 1. The number of hydrogen-bond acceptors (Lipinski definition) is 3. The van der Waals surface area contributed by atoms with Gasteiger partial charge in [-0.3, -0.25) is 0 Å². The summed E-state index contributed by atoms with van der Waals surface area (Å²) in [7, 11) is 0. The highest BCUT2D eigenvalue weighted by Gasteiger charge is 2.29. The van der Waals surface area contributed by atoms with E-state index in [0.717, 1.165) is 38.5 Å². The van der Waals surface area contributed by atoms with Crippen LogP contribution in [0.5, 0.6) is 0 Å². The molecule has 0 saturated heterocycles. The van der Waals surface area contributed by atoms with E-state index in [1.165, 1.54) is 0 Å². The third-order valence-corrected chi connectivity index (χ3v) is 2.83. The number of carbonyl (C=O) groups is 1. The van der Waals surface area contributed by atoms with Gasteiger partial charge in [-0.1, -0.05) is 26.2 Å². The number of aliphatic hydroxyl groups excluding tert-OH is 1. The van der Waals surface area contributed by atoms with Gasteiger partial charge in [0, 0.05) is 0 Å². The second-order valence-electron chi connectivity index (χ2n) is 4.01. The zero-order chi connectivity index (χ0) is 10.4. The minimum absolute atomic E-state index is 0.143. The molecule has 3 heteroatoms. The maximum Gasteiger partial charge on any atom is 0.335 e. The third-order valence-electron chi connectivity index (χ3n) is 2.83. The molecule has 1 N–H and O–H groups in total. The molecule has 0 heterocycles. The summed E-state index contributed by atoms with van der Waals surface area (Å²) in [6, 6.07) is 0. The molecular weight excluding hydrogens is 180 g/mol. The van der Waals surface area contributed by atoms with E-state index in [2.05, 4.69) is 0 Å². The molecule has 0 spiro atoms. The normalized spacial score (nSPS) is 19.6. The molecule has 1 fully saturated rings. The van der Waals surface area contributed by atoms with Crippen molar-refractivity contribution in [2.24, 2.45) is 5.92 Å². The van der Waals surface area contributed by atoms with Crippen LogP contribution in [0.3, 0.4) is 0 Å². The van der Waals surface area contributed by atoms with Crippen molar-refractivity contribution < 1.29 is 14.6 Å². The summed E-state index contributed by atoms with van der Waals surface area (Å²) in [6.45, 7) is 2.49. The Hall–Kier alpha value is -0.570. The first-order valence-electron chi connectivity index (χ1n) is 5.60. The monoisotopic (exact) mass is 200 g/mol. The fourth-order valence-corrected chi connectivity index (χ4v) is 1.87. The standard InChI is InChI=1S/C11H20O3/c1-2-3-8-14-11(13)10(12)9-6-4-5-7-9/h9-10,12H,2-8H2,1H3/t10-/m1/s1. The van der Waals surface area contributed by atoms with E-state index in [9.17, 15) is 9.90 Å². The van der Waals surface area contributed by atoms with Crippen molar-refractivity contribution in [3.63, 3.8) is 0 Å². The van der Waals surface area contributed by atoms with Crippen LogP contribution in [0.2, 0.25) is 0 Å². The summed E-state index contributed by atoms with van der Waals surface area (Å²) in [6.07, 6.45) is 5.19. The van der Waals surface area contributed by atoms with Gasteiger partial charge < -0.3 is 9.84 Å². The number of rotatable bonds is 5. The summed E-state index contributed by atoms with van der Waals surface area (Å²) in [5.41, 5.74) is 0. The van der Waals surface area contributed by atoms with E-state index in [4.69, 9.17) is 4.74 Å². The van der Waals surface area contributed by atoms with E-state index >= 15 is 0 Å². The molecule has 0 aromatic heterocycles. The number of hydrogen-bond donors (Lipinski definition) is 1. The van der Waals surface area contributed by atoms with Gasteiger partial charge in [-0.05, 0) is 25.2 Å². The molecule has 1 saturated carbocycles. The molecule has 0 amide bonds. The van der Waals surface area contributed by atoms with Crippen LogP contribution in [-0.4, -0.2) is 23.8 Å². The summed E-state index contributed by atoms with van der Waals surface area (Å²) >= 11 is 0. The quantitative estimate of drug-likeness (QED) is 0.544. The Morgan fingerprint density at radius 1 is 1.50 bits per heavy atom. The van der Waals surface area contributed by atoms with Crippen LogP contribution >= 0.6 is 0 Å². The molecule has 0 unspecified atom stereocenters. The Bertz CT molecular complexity index is 173.